The minimum atomic E-state index is -0.157. The van der Waals surface area contributed by atoms with Crippen LogP contribution in [0.4, 0.5) is 5.69 Å². The van der Waals surface area contributed by atoms with Crippen molar-refractivity contribution >= 4 is 23.2 Å². The van der Waals surface area contributed by atoms with Crippen molar-refractivity contribution in [1.29, 1.82) is 0 Å². The largest absolute Gasteiger partial charge is 0.325 e. The molecule has 0 saturated carbocycles. The number of para-hydroxylation sites is 1. The molecule has 0 aromatic heterocycles. The maximum atomic E-state index is 11.6. The third kappa shape index (κ3) is 3.49. The zero-order valence-electron chi connectivity index (χ0n) is 11.8. The maximum absolute atomic E-state index is 11.6. The third-order valence-corrected chi connectivity index (χ3v) is 3.16. The van der Waals surface area contributed by atoms with E-state index < -0.39 is 0 Å². The highest BCUT2D eigenvalue weighted by molar-refractivity contribution is 6.29. The van der Waals surface area contributed by atoms with E-state index in [0.717, 1.165) is 16.8 Å². The number of halogens is 1. The maximum Gasteiger partial charge on any atom is 0.239 e. The van der Waals surface area contributed by atoms with E-state index in [-0.39, 0.29) is 17.2 Å². The Morgan fingerprint density at radius 2 is 1.94 bits per heavy atom. The number of hydrogen-bond donors (Lipinski definition) is 1. The summed E-state index contributed by atoms with van der Waals surface area (Å²) in [7, 11) is 0. The Morgan fingerprint density at radius 3 is 2.39 bits per heavy atom. The van der Waals surface area contributed by atoms with Crippen LogP contribution in [0.25, 0.3) is 0 Å². The number of amides is 1. The number of hydrogen-bond acceptors (Lipinski definition) is 1. The molecule has 1 N–H and O–H groups in total. The van der Waals surface area contributed by atoms with Gasteiger partial charge in [-0.15, -0.1) is 11.6 Å². The second-order valence-electron chi connectivity index (χ2n) is 5.86. The SMILES string of the molecule is CC(C)c1cccc(C(C)(C)C)c1NC(=O)CCl. The summed E-state index contributed by atoms with van der Waals surface area (Å²) < 4.78 is 0. The summed E-state index contributed by atoms with van der Waals surface area (Å²) in [5, 5.41) is 2.95. The van der Waals surface area contributed by atoms with Crippen LogP contribution in [0.2, 0.25) is 0 Å². The van der Waals surface area contributed by atoms with Gasteiger partial charge in [0.2, 0.25) is 5.91 Å². The average Bonchev–Trinajstić information content (AvgIpc) is 2.27. The van der Waals surface area contributed by atoms with Gasteiger partial charge >= 0.3 is 0 Å². The van der Waals surface area contributed by atoms with E-state index in [1.54, 1.807) is 0 Å². The predicted molar refractivity (Wildman–Crippen MR) is 78.6 cm³/mol. The zero-order valence-corrected chi connectivity index (χ0v) is 12.6. The fraction of sp³-hybridized carbons (Fsp3) is 0.533. The number of anilines is 1. The quantitative estimate of drug-likeness (QED) is 0.814. The Kier molecular flexibility index (Phi) is 4.80. The standard InChI is InChI=1S/C15H22ClNO/c1-10(2)11-7-6-8-12(15(3,4)5)14(11)17-13(18)9-16/h6-8,10H,9H2,1-5H3,(H,17,18). The highest BCUT2D eigenvalue weighted by Gasteiger charge is 2.22. The molecule has 0 unspecified atom stereocenters. The number of carbonyl (C=O) groups excluding carboxylic acids is 1. The van der Waals surface area contributed by atoms with Gasteiger partial charge in [0.25, 0.3) is 0 Å². The van der Waals surface area contributed by atoms with E-state index in [9.17, 15) is 4.79 Å². The molecule has 2 nitrogen and oxygen atoms in total. The van der Waals surface area contributed by atoms with Crippen LogP contribution < -0.4 is 5.32 Å². The summed E-state index contributed by atoms with van der Waals surface area (Å²) in [6.45, 7) is 10.7. The fourth-order valence-corrected chi connectivity index (χ4v) is 2.06. The summed E-state index contributed by atoms with van der Waals surface area (Å²) in [6, 6.07) is 6.17. The lowest BCUT2D eigenvalue weighted by Crippen LogP contribution is -2.21. The van der Waals surface area contributed by atoms with Crippen molar-refractivity contribution < 1.29 is 4.79 Å². The van der Waals surface area contributed by atoms with Crippen LogP contribution in [-0.4, -0.2) is 11.8 Å². The van der Waals surface area contributed by atoms with Crippen molar-refractivity contribution in [3.05, 3.63) is 29.3 Å². The van der Waals surface area contributed by atoms with Gasteiger partial charge in [0.15, 0.2) is 0 Å². The predicted octanol–water partition coefficient (Wildman–Crippen LogP) is 4.28. The first kappa shape index (κ1) is 15.0. The molecule has 1 amide bonds. The van der Waals surface area contributed by atoms with Crippen LogP contribution in [0.3, 0.4) is 0 Å². The van der Waals surface area contributed by atoms with Gasteiger partial charge in [-0.1, -0.05) is 52.8 Å². The van der Waals surface area contributed by atoms with Gasteiger partial charge < -0.3 is 5.32 Å². The minimum Gasteiger partial charge on any atom is -0.325 e. The summed E-state index contributed by atoms with van der Waals surface area (Å²) in [4.78, 5) is 11.6. The van der Waals surface area contributed by atoms with E-state index in [1.807, 2.05) is 6.07 Å². The van der Waals surface area contributed by atoms with Crippen LogP contribution in [0.1, 0.15) is 51.7 Å². The van der Waals surface area contributed by atoms with Crippen LogP contribution >= 0.6 is 11.6 Å². The zero-order chi connectivity index (χ0) is 13.9. The highest BCUT2D eigenvalue weighted by Crippen LogP contribution is 2.35. The topological polar surface area (TPSA) is 29.1 Å². The molecule has 0 bridgehead atoms. The molecule has 0 saturated heterocycles. The number of nitrogens with one attached hydrogen (secondary N) is 1. The highest BCUT2D eigenvalue weighted by atomic mass is 35.5. The molecule has 3 heteroatoms. The van der Waals surface area contributed by atoms with Crippen LogP contribution in [0.5, 0.6) is 0 Å². The van der Waals surface area contributed by atoms with Crippen molar-refractivity contribution in [3.8, 4) is 0 Å². The first-order valence-electron chi connectivity index (χ1n) is 6.26. The monoisotopic (exact) mass is 267 g/mol. The van der Waals surface area contributed by atoms with E-state index in [1.165, 1.54) is 0 Å². The van der Waals surface area contributed by atoms with Gasteiger partial charge in [0.1, 0.15) is 5.88 Å². The van der Waals surface area contributed by atoms with Gasteiger partial charge in [-0.25, -0.2) is 0 Å². The van der Waals surface area contributed by atoms with Crippen molar-refractivity contribution in [3.63, 3.8) is 0 Å². The first-order valence-corrected chi connectivity index (χ1v) is 6.80. The smallest absolute Gasteiger partial charge is 0.239 e. The first-order chi connectivity index (χ1) is 8.27. The lowest BCUT2D eigenvalue weighted by molar-refractivity contribution is -0.113. The summed E-state index contributed by atoms with van der Waals surface area (Å²) in [6.07, 6.45) is 0. The second kappa shape index (κ2) is 5.75. The molecular formula is C15H22ClNO. The average molecular weight is 268 g/mol. The molecule has 0 fully saturated rings. The molecule has 1 rings (SSSR count). The Hall–Kier alpha value is -1.02. The van der Waals surface area contributed by atoms with E-state index in [2.05, 4.69) is 52.1 Å². The Bertz CT molecular complexity index is 433. The molecule has 0 radical (unpaired) electrons. The minimum absolute atomic E-state index is 0.0141. The second-order valence-corrected chi connectivity index (χ2v) is 6.12. The van der Waals surface area contributed by atoms with Crippen LogP contribution in [0, 0.1) is 0 Å². The lowest BCUT2D eigenvalue weighted by atomic mass is 9.83. The molecule has 100 valence electrons. The molecule has 18 heavy (non-hydrogen) atoms. The molecule has 0 spiro atoms. The van der Waals surface area contributed by atoms with E-state index in [0.29, 0.717) is 5.92 Å². The number of benzene rings is 1. The Labute approximate surface area is 115 Å². The summed E-state index contributed by atoms with van der Waals surface area (Å²) in [5.41, 5.74) is 3.21. The lowest BCUT2D eigenvalue weighted by Gasteiger charge is -2.26. The molecule has 1 aromatic rings. The molecular weight excluding hydrogens is 246 g/mol. The number of carbonyl (C=O) groups is 1. The third-order valence-electron chi connectivity index (χ3n) is 2.91. The van der Waals surface area contributed by atoms with Crippen molar-refractivity contribution in [2.45, 2.75) is 46.0 Å². The Balaban J connectivity index is 3.34. The molecule has 0 aliphatic heterocycles. The fourth-order valence-electron chi connectivity index (χ4n) is 1.99. The Morgan fingerprint density at radius 1 is 1.33 bits per heavy atom. The summed E-state index contributed by atoms with van der Waals surface area (Å²) in [5.74, 6) is 0.184. The molecule has 0 aliphatic rings. The van der Waals surface area contributed by atoms with Gasteiger partial charge in [-0.05, 0) is 22.5 Å². The van der Waals surface area contributed by atoms with Crippen LogP contribution in [-0.2, 0) is 10.2 Å². The van der Waals surface area contributed by atoms with Crippen molar-refractivity contribution in [1.82, 2.24) is 0 Å². The molecule has 1 aromatic carbocycles. The van der Waals surface area contributed by atoms with E-state index >= 15 is 0 Å². The number of rotatable bonds is 3. The van der Waals surface area contributed by atoms with Gasteiger partial charge in [-0.2, -0.15) is 0 Å². The molecule has 0 heterocycles. The van der Waals surface area contributed by atoms with Crippen molar-refractivity contribution in [2.75, 3.05) is 11.2 Å². The summed E-state index contributed by atoms with van der Waals surface area (Å²) >= 11 is 5.59. The van der Waals surface area contributed by atoms with Gasteiger partial charge in [0, 0.05) is 5.69 Å². The molecule has 0 aliphatic carbocycles. The van der Waals surface area contributed by atoms with Gasteiger partial charge in [-0.3, -0.25) is 4.79 Å². The normalized spacial score (nSPS) is 11.7. The van der Waals surface area contributed by atoms with Crippen LogP contribution in [0.15, 0.2) is 18.2 Å². The molecule has 0 atom stereocenters. The number of alkyl halides is 1. The van der Waals surface area contributed by atoms with Gasteiger partial charge in [0.05, 0.1) is 0 Å². The van der Waals surface area contributed by atoms with E-state index in [4.69, 9.17) is 11.6 Å². The van der Waals surface area contributed by atoms with Crippen molar-refractivity contribution in [2.24, 2.45) is 0 Å².